The molecule has 334 valence electrons. The summed E-state index contributed by atoms with van der Waals surface area (Å²) in [5.74, 6) is -0.502. The average Bonchev–Trinajstić information content (AvgIpc) is 3.20. The standard InChI is InChI=1S/C51H95NO5/c1-4-7-10-13-16-19-22-24-25-26-28-31-34-37-40-43-49(54)48(46-53)52-50(55)45-47(42-39-36-33-30-27-21-18-15-12-9-6-3)57-51(56)44-41-38-35-32-29-23-20-17-14-11-8-5-2/h9,12,15,18,21,27,47-49,53-54H,4-8,10-11,13-14,16-17,19-20,22-26,28-46H2,1-3H3,(H,52,55)/b12-9+,18-15+,27-21-. The highest BCUT2D eigenvalue weighted by molar-refractivity contribution is 5.77. The van der Waals surface area contributed by atoms with Gasteiger partial charge in [0.1, 0.15) is 6.10 Å². The van der Waals surface area contributed by atoms with Gasteiger partial charge >= 0.3 is 5.97 Å². The van der Waals surface area contributed by atoms with Crippen molar-refractivity contribution in [2.45, 2.75) is 270 Å². The number of carbonyl (C=O) groups excluding carboxylic acids is 2. The van der Waals surface area contributed by atoms with Gasteiger partial charge in [-0.3, -0.25) is 9.59 Å². The van der Waals surface area contributed by atoms with Gasteiger partial charge in [-0.2, -0.15) is 0 Å². The first-order valence-corrected chi connectivity index (χ1v) is 24.7. The number of hydrogen-bond acceptors (Lipinski definition) is 5. The molecule has 0 radical (unpaired) electrons. The summed E-state index contributed by atoms with van der Waals surface area (Å²) in [6.07, 6.45) is 52.1. The Morgan fingerprint density at radius 3 is 1.42 bits per heavy atom. The largest absolute Gasteiger partial charge is 0.462 e. The number of aliphatic hydroxyl groups excluding tert-OH is 2. The van der Waals surface area contributed by atoms with Gasteiger partial charge in [0.2, 0.25) is 5.91 Å². The summed E-state index contributed by atoms with van der Waals surface area (Å²) in [5.41, 5.74) is 0. The quantitative estimate of drug-likeness (QED) is 0.0324. The SMILES string of the molecule is CC/C=C/C=C/C=C\CCCCCC(CC(=O)NC(CO)C(O)CCCCCCCCCCCCCCCCC)OC(=O)CCCCCCCCCCCCCC. The Bertz CT molecular complexity index is 946. The molecule has 3 unspecified atom stereocenters. The molecule has 0 aliphatic heterocycles. The zero-order valence-electron chi connectivity index (χ0n) is 38.0. The maximum absolute atomic E-state index is 13.2. The van der Waals surface area contributed by atoms with Crippen LogP contribution in [0.25, 0.3) is 0 Å². The van der Waals surface area contributed by atoms with Crippen LogP contribution in [0.1, 0.15) is 252 Å². The summed E-state index contributed by atoms with van der Waals surface area (Å²) in [6.45, 7) is 6.34. The van der Waals surface area contributed by atoms with E-state index < -0.39 is 18.2 Å². The molecule has 3 atom stereocenters. The van der Waals surface area contributed by atoms with Crippen molar-refractivity contribution in [3.8, 4) is 0 Å². The van der Waals surface area contributed by atoms with Crippen LogP contribution in [0.4, 0.5) is 0 Å². The Morgan fingerprint density at radius 2 is 0.947 bits per heavy atom. The van der Waals surface area contributed by atoms with Crippen molar-refractivity contribution in [1.82, 2.24) is 5.32 Å². The van der Waals surface area contributed by atoms with Gasteiger partial charge in [0.05, 0.1) is 25.2 Å². The second-order valence-electron chi connectivity index (χ2n) is 16.9. The summed E-state index contributed by atoms with van der Waals surface area (Å²) >= 11 is 0. The topological polar surface area (TPSA) is 95.9 Å². The van der Waals surface area contributed by atoms with Gasteiger partial charge < -0.3 is 20.3 Å². The Kier molecular flexibility index (Phi) is 43.6. The van der Waals surface area contributed by atoms with Crippen molar-refractivity contribution in [2.75, 3.05) is 6.61 Å². The first-order chi connectivity index (χ1) is 28.0. The van der Waals surface area contributed by atoms with E-state index in [1.54, 1.807) is 0 Å². The predicted molar refractivity (Wildman–Crippen MR) is 246 cm³/mol. The first kappa shape index (κ1) is 55.1. The lowest BCUT2D eigenvalue weighted by molar-refractivity contribution is -0.151. The van der Waals surface area contributed by atoms with E-state index in [4.69, 9.17) is 4.74 Å². The molecule has 6 heteroatoms. The third-order valence-corrected chi connectivity index (χ3v) is 11.3. The van der Waals surface area contributed by atoms with Gasteiger partial charge in [0, 0.05) is 6.42 Å². The molecule has 0 bridgehead atoms. The molecule has 0 aromatic heterocycles. The Labute approximate surface area is 353 Å². The van der Waals surface area contributed by atoms with E-state index in [0.29, 0.717) is 19.3 Å². The Hall–Kier alpha value is -1.92. The van der Waals surface area contributed by atoms with Crippen LogP contribution >= 0.6 is 0 Å². The molecule has 0 aromatic rings. The van der Waals surface area contributed by atoms with E-state index >= 15 is 0 Å². The van der Waals surface area contributed by atoms with Crippen molar-refractivity contribution >= 4 is 11.9 Å². The molecule has 0 aromatic carbocycles. The van der Waals surface area contributed by atoms with Crippen LogP contribution in [0.2, 0.25) is 0 Å². The van der Waals surface area contributed by atoms with Crippen molar-refractivity contribution < 1.29 is 24.5 Å². The number of esters is 1. The fourth-order valence-corrected chi connectivity index (χ4v) is 7.55. The van der Waals surface area contributed by atoms with E-state index in [1.165, 1.54) is 135 Å². The van der Waals surface area contributed by atoms with E-state index in [2.05, 4.69) is 50.4 Å². The zero-order chi connectivity index (χ0) is 41.7. The van der Waals surface area contributed by atoms with Gasteiger partial charge in [-0.15, -0.1) is 0 Å². The lowest BCUT2D eigenvalue weighted by Gasteiger charge is -2.24. The van der Waals surface area contributed by atoms with Gasteiger partial charge in [-0.05, 0) is 44.9 Å². The molecule has 0 fully saturated rings. The van der Waals surface area contributed by atoms with Gasteiger partial charge in [0.15, 0.2) is 0 Å². The number of ether oxygens (including phenoxy) is 1. The minimum absolute atomic E-state index is 0.0579. The van der Waals surface area contributed by atoms with Crippen LogP contribution in [-0.2, 0) is 14.3 Å². The molecule has 0 spiro atoms. The van der Waals surface area contributed by atoms with E-state index in [1.807, 2.05) is 12.2 Å². The van der Waals surface area contributed by atoms with Gasteiger partial charge in [0.25, 0.3) is 0 Å². The van der Waals surface area contributed by atoms with Crippen molar-refractivity contribution in [1.29, 1.82) is 0 Å². The van der Waals surface area contributed by atoms with Crippen molar-refractivity contribution in [3.63, 3.8) is 0 Å². The van der Waals surface area contributed by atoms with Gasteiger partial charge in [-0.25, -0.2) is 0 Å². The molecule has 0 rings (SSSR count). The fourth-order valence-electron chi connectivity index (χ4n) is 7.55. The van der Waals surface area contributed by atoms with Crippen LogP contribution in [0.3, 0.4) is 0 Å². The molecular weight excluding hydrogens is 707 g/mol. The van der Waals surface area contributed by atoms with Crippen LogP contribution in [-0.4, -0.2) is 46.9 Å². The molecule has 3 N–H and O–H groups in total. The molecule has 0 heterocycles. The normalized spacial score (nSPS) is 13.6. The van der Waals surface area contributed by atoms with Crippen LogP contribution in [0.15, 0.2) is 36.5 Å². The second-order valence-corrected chi connectivity index (χ2v) is 16.9. The second kappa shape index (κ2) is 45.2. The lowest BCUT2D eigenvalue weighted by Crippen LogP contribution is -2.46. The third kappa shape index (κ3) is 40.6. The number of hydrogen-bond donors (Lipinski definition) is 3. The Balaban J connectivity index is 4.53. The molecular formula is C51H95NO5. The van der Waals surface area contributed by atoms with Crippen LogP contribution < -0.4 is 5.32 Å². The monoisotopic (exact) mass is 802 g/mol. The summed E-state index contributed by atoms with van der Waals surface area (Å²) in [4.78, 5) is 26.0. The first-order valence-electron chi connectivity index (χ1n) is 24.7. The van der Waals surface area contributed by atoms with Crippen molar-refractivity contribution in [2.24, 2.45) is 0 Å². The smallest absolute Gasteiger partial charge is 0.306 e. The summed E-state index contributed by atoms with van der Waals surface area (Å²) in [7, 11) is 0. The number of aliphatic hydroxyl groups is 2. The average molecular weight is 802 g/mol. The third-order valence-electron chi connectivity index (χ3n) is 11.3. The zero-order valence-corrected chi connectivity index (χ0v) is 38.0. The summed E-state index contributed by atoms with van der Waals surface area (Å²) in [5, 5.41) is 23.7. The minimum Gasteiger partial charge on any atom is -0.462 e. The molecule has 0 saturated carbocycles. The summed E-state index contributed by atoms with van der Waals surface area (Å²) in [6, 6.07) is -0.708. The van der Waals surface area contributed by atoms with E-state index in [0.717, 1.165) is 70.6 Å². The highest BCUT2D eigenvalue weighted by Crippen LogP contribution is 2.18. The minimum atomic E-state index is -0.793. The number of carbonyl (C=O) groups is 2. The highest BCUT2D eigenvalue weighted by Gasteiger charge is 2.24. The lowest BCUT2D eigenvalue weighted by atomic mass is 10.0. The molecule has 6 nitrogen and oxygen atoms in total. The number of rotatable bonds is 44. The molecule has 57 heavy (non-hydrogen) atoms. The molecule has 0 aliphatic carbocycles. The highest BCUT2D eigenvalue weighted by atomic mass is 16.5. The maximum Gasteiger partial charge on any atom is 0.306 e. The van der Waals surface area contributed by atoms with Gasteiger partial charge in [-0.1, -0.05) is 231 Å². The van der Waals surface area contributed by atoms with E-state index in [9.17, 15) is 19.8 Å². The molecule has 0 saturated heterocycles. The van der Waals surface area contributed by atoms with Crippen molar-refractivity contribution in [3.05, 3.63) is 36.5 Å². The number of unbranched alkanes of at least 4 members (excludes halogenated alkanes) is 28. The summed E-state index contributed by atoms with van der Waals surface area (Å²) < 4.78 is 5.89. The van der Waals surface area contributed by atoms with Crippen LogP contribution in [0.5, 0.6) is 0 Å². The van der Waals surface area contributed by atoms with Crippen LogP contribution in [0, 0.1) is 0 Å². The molecule has 1 amide bonds. The fraction of sp³-hybridized carbons (Fsp3) is 0.843. The Morgan fingerprint density at radius 1 is 0.526 bits per heavy atom. The number of amides is 1. The number of allylic oxidation sites excluding steroid dienone is 6. The predicted octanol–water partition coefficient (Wildman–Crippen LogP) is 14.5. The van der Waals surface area contributed by atoms with E-state index in [-0.39, 0.29) is 24.9 Å². The maximum atomic E-state index is 13.2. The molecule has 0 aliphatic rings. The number of nitrogens with one attached hydrogen (secondary N) is 1.